The lowest BCUT2D eigenvalue weighted by atomic mass is 10.0. The number of anilines is 2. The van der Waals surface area contributed by atoms with Crippen LogP contribution in [0.2, 0.25) is 0 Å². The number of hydrogen-bond donors (Lipinski definition) is 2. The first-order valence-corrected chi connectivity index (χ1v) is 6.44. The molecule has 2 aromatic rings. The van der Waals surface area contributed by atoms with Crippen LogP contribution >= 0.6 is 0 Å². The summed E-state index contributed by atoms with van der Waals surface area (Å²) in [6, 6.07) is 16.1. The minimum absolute atomic E-state index is 0.0172. The van der Waals surface area contributed by atoms with Crippen LogP contribution in [0.3, 0.4) is 0 Å². The Morgan fingerprint density at radius 1 is 1.05 bits per heavy atom. The Labute approximate surface area is 112 Å². The molecule has 0 saturated carbocycles. The lowest BCUT2D eigenvalue weighted by molar-refractivity contribution is -0.116. The number of benzene rings is 2. The van der Waals surface area contributed by atoms with Crippen LogP contribution in [0.15, 0.2) is 48.5 Å². The first-order chi connectivity index (χ1) is 9.22. The molecule has 96 valence electrons. The summed E-state index contributed by atoms with van der Waals surface area (Å²) in [5.41, 5.74) is 4.17. The van der Waals surface area contributed by atoms with Crippen molar-refractivity contribution in [2.45, 2.75) is 19.4 Å². The maximum Gasteiger partial charge on any atom is 0.226 e. The summed E-state index contributed by atoms with van der Waals surface area (Å²) in [6.07, 6.45) is 0.443. The molecule has 1 unspecified atom stereocenters. The van der Waals surface area contributed by atoms with Gasteiger partial charge in [0.1, 0.15) is 0 Å². The van der Waals surface area contributed by atoms with E-state index in [2.05, 4.69) is 35.8 Å². The summed E-state index contributed by atoms with van der Waals surface area (Å²) in [7, 11) is 0. The maximum absolute atomic E-state index is 12.0. The predicted molar refractivity (Wildman–Crippen MR) is 77.2 cm³/mol. The molecule has 0 aliphatic carbocycles. The van der Waals surface area contributed by atoms with Gasteiger partial charge in [-0.3, -0.25) is 4.79 Å². The second kappa shape index (κ2) is 4.76. The molecule has 3 heteroatoms. The van der Waals surface area contributed by atoms with Crippen molar-refractivity contribution in [1.82, 2.24) is 0 Å². The Kier molecular flexibility index (Phi) is 2.95. The van der Waals surface area contributed by atoms with Gasteiger partial charge in [-0.1, -0.05) is 42.0 Å². The number of carbonyl (C=O) groups excluding carboxylic acids is 1. The summed E-state index contributed by atoms with van der Waals surface area (Å²) < 4.78 is 0. The van der Waals surface area contributed by atoms with Crippen molar-refractivity contribution in [2.75, 3.05) is 10.6 Å². The second-order valence-corrected chi connectivity index (χ2v) is 4.91. The van der Waals surface area contributed by atoms with E-state index in [1.54, 1.807) is 0 Å². The minimum atomic E-state index is 0.0172. The van der Waals surface area contributed by atoms with E-state index in [0.29, 0.717) is 6.42 Å². The summed E-state index contributed by atoms with van der Waals surface area (Å²) in [6.45, 7) is 2.06. The number of para-hydroxylation sites is 2. The highest BCUT2D eigenvalue weighted by molar-refractivity contribution is 5.96. The van der Waals surface area contributed by atoms with Gasteiger partial charge in [0, 0.05) is 0 Å². The van der Waals surface area contributed by atoms with Crippen LogP contribution in [0.4, 0.5) is 11.4 Å². The third-order valence-electron chi connectivity index (χ3n) is 3.36. The smallest absolute Gasteiger partial charge is 0.226 e. The van der Waals surface area contributed by atoms with Crippen LogP contribution in [0.1, 0.15) is 23.6 Å². The van der Waals surface area contributed by atoms with Crippen LogP contribution in [-0.2, 0) is 4.79 Å². The zero-order chi connectivity index (χ0) is 13.2. The number of aryl methyl sites for hydroxylation is 1. The van der Waals surface area contributed by atoms with E-state index in [9.17, 15) is 4.79 Å². The maximum atomic E-state index is 12.0. The second-order valence-electron chi connectivity index (χ2n) is 4.91. The minimum Gasteiger partial charge on any atom is -0.376 e. The zero-order valence-electron chi connectivity index (χ0n) is 10.8. The molecule has 0 spiro atoms. The SMILES string of the molecule is Cc1cccc(C2CC(=O)Nc3ccccc3N2)c1. The molecule has 0 bridgehead atoms. The average molecular weight is 252 g/mol. The number of fused-ring (bicyclic) bond motifs is 1. The monoisotopic (exact) mass is 252 g/mol. The van der Waals surface area contributed by atoms with E-state index in [0.717, 1.165) is 16.9 Å². The molecule has 3 nitrogen and oxygen atoms in total. The van der Waals surface area contributed by atoms with Crippen molar-refractivity contribution < 1.29 is 4.79 Å². The molecule has 0 radical (unpaired) electrons. The molecule has 2 N–H and O–H groups in total. The van der Waals surface area contributed by atoms with Crippen LogP contribution in [-0.4, -0.2) is 5.91 Å². The van der Waals surface area contributed by atoms with Crippen molar-refractivity contribution in [3.8, 4) is 0 Å². The first kappa shape index (κ1) is 11.8. The Morgan fingerprint density at radius 3 is 2.63 bits per heavy atom. The highest BCUT2D eigenvalue weighted by Crippen LogP contribution is 2.31. The lowest BCUT2D eigenvalue weighted by Gasteiger charge is -2.17. The molecule has 19 heavy (non-hydrogen) atoms. The van der Waals surface area contributed by atoms with E-state index < -0.39 is 0 Å². The van der Waals surface area contributed by atoms with Gasteiger partial charge in [0.25, 0.3) is 0 Å². The Bertz CT molecular complexity index is 622. The first-order valence-electron chi connectivity index (χ1n) is 6.44. The third kappa shape index (κ3) is 2.45. The molecular weight excluding hydrogens is 236 g/mol. The summed E-state index contributed by atoms with van der Waals surface area (Å²) in [5.74, 6) is 0.0453. The molecule has 3 rings (SSSR count). The van der Waals surface area contributed by atoms with Crippen LogP contribution in [0.5, 0.6) is 0 Å². The molecule has 1 aliphatic heterocycles. The van der Waals surface area contributed by atoms with E-state index in [1.807, 2.05) is 30.3 Å². The van der Waals surface area contributed by atoms with E-state index in [1.165, 1.54) is 5.56 Å². The molecule has 1 amide bonds. The number of nitrogens with one attached hydrogen (secondary N) is 2. The van der Waals surface area contributed by atoms with Gasteiger partial charge in [-0.25, -0.2) is 0 Å². The number of rotatable bonds is 1. The third-order valence-corrected chi connectivity index (χ3v) is 3.36. The van der Waals surface area contributed by atoms with Gasteiger partial charge >= 0.3 is 0 Å². The Hall–Kier alpha value is -2.29. The largest absolute Gasteiger partial charge is 0.376 e. The van der Waals surface area contributed by atoms with Gasteiger partial charge < -0.3 is 10.6 Å². The van der Waals surface area contributed by atoms with Crippen molar-refractivity contribution in [2.24, 2.45) is 0 Å². The average Bonchev–Trinajstić information content (AvgIpc) is 2.56. The quantitative estimate of drug-likeness (QED) is 0.815. The molecule has 1 aliphatic rings. The van der Waals surface area contributed by atoms with Crippen LogP contribution in [0, 0.1) is 6.92 Å². The molecule has 1 atom stereocenters. The van der Waals surface area contributed by atoms with E-state index >= 15 is 0 Å². The summed E-state index contributed by atoms with van der Waals surface area (Å²) in [5, 5.41) is 6.39. The number of hydrogen-bond acceptors (Lipinski definition) is 2. The molecule has 1 heterocycles. The molecule has 2 aromatic carbocycles. The van der Waals surface area contributed by atoms with Crippen molar-refractivity contribution in [3.63, 3.8) is 0 Å². The highest BCUT2D eigenvalue weighted by Gasteiger charge is 2.21. The summed E-state index contributed by atoms with van der Waals surface area (Å²) >= 11 is 0. The van der Waals surface area contributed by atoms with Crippen molar-refractivity contribution >= 4 is 17.3 Å². The van der Waals surface area contributed by atoms with Gasteiger partial charge in [-0.2, -0.15) is 0 Å². The Balaban J connectivity index is 1.98. The fourth-order valence-corrected chi connectivity index (χ4v) is 2.43. The number of carbonyl (C=O) groups is 1. The van der Waals surface area contributed by atoms with E-state index in [-0.39, 0.29) is 11.9 Å². The standard InChI is InChI=1S/C16H16N2O/c1-11-5-4-6-12(9-11)15-10-16(19)18-14-8-3-2-7-13(14)17-15/h2-9,15,17H,10H2,1H3,(H,18,19). The molecule has 0 saturated heterocycles. The highest BCUT2D eigenvalue weighted by atomic mass is 16.1. The summed E-state index contributed by atoms with van der Waals surface area (Å²) in [4.78, 5) is 12.0. The van der Waals surface area contributed by atoms with Gasteiger partial charge in [0.05, 0.1) is 23.8 Å². The number of amides is 1. The van der Waals surface area contributed by atoms with Crippen molar-refractivity contribution in [1.29, 1.82) is 0 Å². The topological polar surface area (TPSA) is 41.1 Å². The van der Waals surface area contributed by atoms with Gasteiger partial charge in [0.2, 0.25) is 5.91 Å². The van der Waals surface area contributed by atoms with E-state index in [4.69, 9.17) is 0 Å². The molecular formula is C16H16N2O. The molecule has 0 fully saturated rings. The Morgan fingerprint density at radius 2 is 1.84 bits per heavy atom. The van der Waals surface area contributed by atoms with Gasteiger partial charge in [0.15, 0.2) is 0 Å². The van der Waals surface area contributed by atoms with Gasteiger partial charge in [-0.15, -0.1) is 0 Å². The molecule has 0 aromatic heterocycles. The zero-order valence-corrected chi connectivity index (χ0v) is 10.8. The fourth-order valence-electron chi connectivity index (χ4n) is 2.43. The predicted octanol–water partition coefficient (Wildman–Crippen LogP) is 3.49. The normalized spacial score (nSPS) is 17.9. The van der Waals surface area contributed by atoms with Gasteiger partial charge in [-0.05, 0) is 24.6 Å². The van der Waals surface area contributed by atoms with Crippen LogP contribution < -0.4 is 10.6 Å². The van der Waals surface area contributed by atoms with Crippen molar-refractivity contribution in [3.05, 3.63) is 59.7 Å². The fraction of sp³-hybridized carbons (Fsp3) is 0.188. The van der Waals surface area contributed by atoms with Crippen LogP contribution in [0.25, 0.3) is 0 Å². The lowest BCUT2D eigenvalue weighted by Crippen LogP contribution is -2.15.